The molecule has 0 amide bonds. The van der Waals surface area contributed by atoms with E-state index in [1.54, 1.807) is 30.3 Å². The zero-order valence-electron chi connectivity index (χ0n) is 17.6. The topological polar surface area (TPSA) is 116 Å². The molecule has 0 radical (unpaired) electrons. The van der Waals surface area contributed by atoms with Gasteiger partial charge in [-0.1, -0.05) is 29.8 Å². The molecular weight excluding hydrogens is 472 g/mol. The van der Waals surface area contributed by atoms with E-state index >= 15 is 0 Å². The Kier molecular flexibility index (Phi) is 7.19. The number of carbonyl (C=O) groups is 1. The van der Waals surface area contributed by atoms with Crippen LogP contribution in [-0.4, -0.2) is 33.5 Å². The van der Waals surface area contributed by atoms with Crippen molar-refractivity contribution in [1.82, 2.24) is 0 Å². The van der Waals surface area contributed by atoms with Crippen LogP contribution in [0.5, 0.6) is 5.75 Å². The largest absolute Gasteiger partial charge is 0.496 e. The van der Waals surface area contributed by atoms with Crippen molar-refractivity contribution in [2.45, 2.75) is 11.5 Å². The number of hydrogen-bond acceptors (Lipinski definition) is 7. The van der Waals surface area contributed by atoms with Crippen LogP contribution in [0.4, 0.5) is 11.4 Å². The number of non-ortho nitro benzene ring substituents is 1. The van der Waals surface area contributed by atoms with Crippen molar-refractivity contribution in [1.29, 1.82) is 0 Å². The molecule has 3 aromatic rings. The molecule has 0 saturated carbocycles. The Morgan fingerprint density at radius 2 is 1.79 bits per heavy atom. The maximum Gasteiger partial charge on any atom is 0.340 e. The number of hydrogen-bond donors (Lipinski definition) is 0. The first-order chi connectivity index (χ1) is 15.6. The molecule has 172 valence electrons. The lowest BCUT2D eigenvalue weighted by Crippen LogP contribution is -2.26. The third-order valence-corrected chi connectivity index (χ3v) is 6.88. The number of methoxy groups -OCH3 is 1. The van der Waals surface area contributed by atoms with Crippen LogP contribution in [0.1, 0.15) is 15.9 Å². The fourth-order valence-corrected chi connectivity index (χ4v) is 4.39. The van der Waals surface area contributed by atoms with Gasteiger partial charge in [0.25, 0.3) is 15.7 Å². The highest BCUT2D eigenvalue weighted by Gasteiger charge is 2.24. The standard InChI is InChI=1S/C22H19ClN2O7S/c1-24(16-6-4-3-5-7-16)33(29,30)18-9-10-20(23)19(13-18)22(26)32-14-15-12-17(25(27)28)8-11-21(15)31-2/h3-13H,14H2,1-2H3. The molecule has 0 saturated heterocycles. The number of anilines is 1. The summed E-state index contributed by atoms with van der Waals surface area (Å²) in [6.45, 7) is -0.346. The number of nitro groups is 1. The lowest BCUT2D eigenvalue weighted by atomic mass is 10.2. The molecule has 0 aromatic heterocycles. The van der Waals surface area contributed by atoms with Crippen LogP contribution in [0.25, 0.3) is 0 Å². The summed E-state index contributed by atoms with van der Waals surface area (Å²) < 4.78 is 37.5. The fourth-order valence-electron chi connectivity index (χ4n) is 2.97. The average Bonchev–Trinajstić information content (AvgIpc) is 2.82. The predicted molar refractivity (Wildman–Crippen MR) is 122 cm³/mol. The predicted octanol–water partition coefficient (Wildman–Crippen LogP) is 4.44. The van der Waals surface area contributed by atoms with E-state index in [2.05, 4.69) is 0 Å². The van der Waals surface area contributed by atoms with Crippen molar-refractivity contribution in [2.24, 2.45) is 0 Å². The minimum absolute atomic E-state index is 0.00711. The first kappa shape index (κ1) is 24.0. The van der Waals surface area contributed by atoms with Crippen LogP contribution in [0.2, 0.25) is 5.02 Å². The van der Waals surface area contributed by atoms with Crippen molar-refractivity contribution >= 4 is 39.0 Å². The zero-order chi connectivity index (χ0) is 24.2. The Bertz CT molecular complexity index is 1300. The molecule has 0 heterocycles. The molecule has 0 aliphatic rings. The second-order valence-corrected chi connectivity index (χ2v) is 9.16. The quantitative estimate of drug-likeness (QED) is 0.260. The summed E-state index contributed by atoms with van der Waals surface area (Å²) in [5, 5.41) is 11.0. The van der Waals surface area contributed by atoms with Gasteiger partial charge in [0.1, 0.15) is 12.4 Å². The molecule has 11 heteroatoms. The normalized spacial score (nSPS) is 11.0. The molecule has 0 aliphatic carbocycles. The lowest BCUT2D eigenvalue weighted by molar-refractivity contribution is -0.385. The van der Waals surface area contributed by atoms with E-state index in [9.17, 15) is 23.3 Å². The van der Waals surface area contributed by atoms with E-state index in [1.165, 1.54) is 44.5 Å². The minimum atomic E-state index is -3.99. The molecule has 0 N–H and O–H groups in total. The van der Waals surface area contributed by atoms with Gasteiger partial charge < -0.3 is 9.47 Å². The summed E-state index contributed by atoms with van der Waals surface area (Å²) in [5.74, 6) is -0.603. The van der Waals surface area contributed by atoms with E-state index in [0.29, 0.717) is 11.4 Å². The molecule has 3 aromatic carbocycles. The third-order valence-electron chi connectivity index (χ3n) is 4.77. The molecule has 0 fully saturated rings. The van der Waals surface area contributed by atoms with Crippen molar-refractivity contribution in [3.63, 3.8) is 0 Å². The van der Waals surface area contributed by atoms with Gasteiger partial charge >= 0.3 is 5.97 Å². The summed E-state index contributed by atoms with van der Waals surface area (Å²) in [5.41, 5.74) is 0.346. The van der Waals surface area contributed by atoms with Gasteiger partial charge in [-0.3, -0.25) is 14.4 Å². The Morgan fingerprint density at radius 3 is 2.42 bits per heavy atom. The Balaban J connectivity index is 1.86. The number of para-hydroxylation sites is 1. The summed E-state index contributed by atoms with van der Waals surface area (Å²) in [7, 11) is -1.22. The lowest BCUT2D eigenvalue weighted by Gasteiger charge is -2.20. The Hall–Kier alpha value is -3.63. The van der Waals surface area contributed by atoms with Gasteiger partial charge in [0, 0.05) is 24.7 Å². The van der Waals surface area contributed by atoms with Crippen LogP contribution in [0.3, 0.4) is 0 Å². The van der Waals surface area contributed by atoms with E-state index in [-0.39, 0.29) is 33.3 Å². The summed E-state index contributed by atoms with van der Waals surface area (Å²) in [6, 6.07) is 16.0. The molecule has 3 rings (SSSR count). The van der Waals surface area contributed by atoms with Crippen molar-refractivity contribution in [3.05, 3.63) is 93.0 Å². The molecule has 0 spiro atoms. The minimum Gasteiger partial charge on any atom is -0.496 e. The van der Waals surface area contributed by atoms with Gasteiger partial charge in [-0.2, -0.15) is 0 Å². The number of sulfonamides is 1. The average molecular weight is 491 g/mol. The number of ether oxygens (including phenoxy) is 2. The first-order valence-electron chi connectivity index (χ1n) is 9.47. The van der Waals surface area contributed by atoms with Gasteiger partial charge in [0.2, 0.25) is 0 Å². The van der Waals surface area contributed by atoms with Gasteiger partial charge in [0.05, 0.1) is 33.2 Å². The highest BCUT2D eigenvalue weighted by molar-refractivity contribution is 7.92. The highest BCUT2D eigenvalue weighted by atomic mass is 35.5. The van der Waals surface area contributed by atoms with Crippen molar-refractivity contribution in [2.75, 3.05) is 18.5 Å². The van der Waals surface area contributed by atoms with Crippen LogP contribution in [0, 0.1) is 10.1 Å². The van der Waals surface area contributed by atoms with E-state index < -0.39 is 20.9 Å². The number of halogens is 1. The molecule has 9 nitrogen and oxygen atoms in total. The highest BCUT2D eigenvalue weighted by Crippen LogP contribution is 2.28. The van der Waals surface area contributed by atoms with Crippen LogP contribution in [-0.2, 0) is 21.4 Å². The van der Waals surface area contributed by atoms with E-state index in [4.69, 9.17) is 21.1 Å². The monoisotopic (exact) mass is 490 g/mol. The Labute approximate surface area is 195 Å². The molecular formula is C22H19ClN2O7S. The molecule has 0 aliphatic heterocycles. The van der Waals surface area contributed by atoms with Crippen LogP contribution in [0.15, 0.2) is 71.6 Å². The van der Waals surface area contributed by atoms with E-state index in [0.717, 1.165) is 10.4 Å². The van der Waals surface area contributed by atoms with Gasteiger partial charge in [-0.15, -0.1) is 0 Å². The summed E-state index contributed by atoms with van der Waals surface area (Å²) in [6.07, 6.45) is 0. The smallest absolute Gasteiger partial charge is 0.340 e. The summed E-state index contributed by atoms with van der Waals surface area (Å²) >= 11 is 6.12. The van der Waals surface area contributed by atoms with Crippen LogP contribution >= 0.6 is 11.6 Å². The molecule has 0 atom stereocenters. The zero-order valence-corrected chi connectivity index (χ0v) is 19.2. The number of nitro benzene ring substituents is 1. The number of rotatable bonds is 8. The van der Waals surface area contributed by atoms with E-state index in [1.807, 2.05) is 0 Å². The summed E-state index contributed by atoms with van der Waals surface area (Å²) in [4.78, 5) is 23.0. The number of nitrogens with zero attached hydrogens (tertiary/aromatic N) is 2. The van der Waals surface area contributed by atoms with Crippen LogP contribution < -0.4 is 9.04 Å². The Morgan fingerprint density at radius 1 is 1.09 bits per heavy atom. The number of esters is 1. The first-order valence-corrected chi connectivity index (χ1v) is 11.3. The molecule has 0 bridgehead atoms. The van der Waals surface area contributed by atoms with Gasteiger partial charge in [-0.05, 0) is 36.4 Å². The molecule has 33 heavy (non-hydrogen) atoms. The second kappa shape index (κ2) is 9.88. The van der Waals surface area contributed by atoms with Crippen molar-refractivity contribution < 1.29 is 27.6 Å². The number of benzene rings is 3. The molecule has 0 unspecified atom stereocenters. The fraction of sp³-hybridized carbons (Fsp3) is 0.136. The van der Waals surface area contributed by atoms with Crippen molar-refractivity contribution in [3.8, 4) is 5.75 Å². The second-order valence-electron chi connectivity index (χ2n) is 6.78. The maximum atomic E-state index is 13.0. The third kappa shape index (κ3) is 5.24. The van der Waals surface area contributed by atoms with Gasteiger partial charge in [0.15, 0.2) is 0 Å². The number of carbonyl (C=O) groups excluding carboxylic acids is 1. The SMILES string of the molecule is COc1ccc([N+](=O)[O-])cc1COC(=O)c1cc(S(=O)(=O)N(C)c2ccccc2)ccc1Cl. The maximum absolute atomic E-state index is 13.0. The van der Waals surface area contributed by atoms with Gasteiger partial charge in [-0.25, -0.2) is 13.2 Å².